The molecule has 4 aliphatic rings. The number of benzene rings is 5. The number of esters is 1. The minimum Gasteiger partial charge on any atom is -0.497 e. The summed E-state index contributed by atoms with van der Waals surface area (Å²) in [4.78, 5) is 44.4. The first-order valence-electron chi connectivity index (χ1n) is 39.7. The molecule has 6 aromatic heterocycles. The Kier molecular flexibility index (Phi) is 29.5. The van der Waals surface area contributed by atoms with Crippen LogP contribution in [0.2, 0.25) is 0 Å². The molecule has 1 aliphatic heterocycles. The van der Waals surface area contributed by atoms with Gasteiger partial charge in [-0.3, -0.25) is 14.5 Å². The molecule has 1 saturated heterocycles. The van der Waals surface area contributed by atoms with E-state index in [4.69, 9.17) is 48.2 Å². The van der Waals surface area contributed by atoms with Crippen molar-refractivity contribution in [2.24, 2.45) is 0 Å². The first-order valence-corrected chi connectivity index (χ1v) is 39.7. The highest BCUT2D eigenvalue weighted by Crippen LogP contribution is 2.40. The summed E-state index contributed by atoms with van der Waals surface area (Å²) in [5.41, 5.74) is 10.3. The lowest BCUT2D eigenvalue weighted by Crippen LogP contribution is -2.26. The number of aliphatic hydroxyl groups is 2. The zero-order chi connectivity index (χ0) is 85.9. The monoisotopic (exact) mass is 1660 g/mol. The number of carboxylic acids is 3. The number of halogens is 3. The molecule has 3 saturated carbocycles. The molecule has 11 aromatic rings. The molecule has 0 atom stereocenters. The SMILES string of the molecule is CC(C)(O)Cn1ccc(-c2ccc(C3CCC(Oc4nn[nH]c4C(=O)O)CC3)cc2)n1.CC1(C)CO1.CCOC(=O)c1nnn(Cc2ccc(OC)cc2)c1OC1CCC(c2ccc(-c3ccn[nH]3)cc2)CC1.COc1ccc(Cn2nnc(C(=O)O)c2OC2CCC(c3ccc(-c4ccn(CC(C)(C)O)n4)cc3)CC2)cc1.O=C(O)C(F)(F)F. The quantitative estimate of drug-likeness (QED) is 0.0195. The molecule has 0 radical (unpaired) electrons. The third-order valence-electron chi connectivity index (χ3n) is 20.5. The highest BCUT2D eigenvalue weighted by molar-refractivity contribution is 5.90. The number of carboxylic acid groups (broad SMARTS) is 3. The van der Waals surface area contributed by atoms with Crippen LogP contribution in [0.5, 0.6) is 29.1 Å². The van der Waals surface area contributed by atoms with Crippen molar-refractivity contribution in [2.75, 3.05) is 27.4 Å². The molecule has 7 N–H and O–H groups in total. The van der Waals surface area contributed by atoms with E-state index < -0.39 is 41.3 Å². The number of carbonyl (C=O) groups is 4. The Morgan fingerprint density at radius 3 is 1.27 bits per heavy atom. The van der Waals surface area contributed by atoms with E-state index in [0.29, 0.717) is 49.8 Å². The minimum absolute atomic E-state index is 0.0261. The predicted octanol–water partition coefficient (Wildman–Crippen LogP) is 14.5. The fraction of sp³-hybridized carbons (Fsp3) is 0.430. The second kappa shape index (κ2) is 40.0. The summed E-state index contributed by atoms with van der Waals surface area (Å²) in [6.07, 6.45) is 11.1. The maximum absolute atomic E-state index is 12.6. The molecular weight excluding hydrogens is 1560 g/mol. The van der Waals surface area contributed by atoms with Crippen LogP contribution >= 0.6 is 0 Å². The summed E-state index contributed by atoms with van der Waals surface area (Å²) >= 11 is 0. The Balaban J connectivity index is 0.000000165. The highest BCUT2D eigenvalue weighted by Gasteiger charge is 2.39. The molecule has 0 spiro atoms. The fourth-order valence-corrected chi connectivity index (χ4v) is 14.1. The van der Waals surface area contributed by atoms with Gasteiger partial charge in [-0.05, 0) is 219 Å². The zero-order valence-electron chi connectivity index (χ0n) is 68.4. The molecule has 31 nitrogen and oxygen atoms in total. The fourth-order valence-electron chi connectivity index (χ4n) is 14.1. The van der Waals surface area contributed by atoms with Crippen LogP contribution in [-0.2, 0) is 40.4 Å². The lowest BCUT2D eigenvalue weighted by Gasteiger charge is -2.29. The molecule has 638 valence electrons. The van der Waals surface area contributed by atoms with Gasteiger partial charge in [0.25, 0.3) is 5.88 Å². The van der Waals surface area contributed by atoms with Crippen molar-refractivity contribution in [2.45, 2.75) is 211 Å². The summed E-state index contributed by atoms with van der Waals surface area (Å²) in [6.45, 7) is 15.8. The molecule has 120 heavy (non-hydrogen) atoms. The molecule has 34 heteroatoms. The topological polar surface area (TPSA) is 405 Å². The van der Waals surface area contributed by atoms with E-state index in [9.17, 15) is 42.9 Å². The first kappa shape index (κ1) is 88.5. The second-order valence-corrected chi connectivity index (χ2v) is 31.7. The second-order valence-electron chi connectivity index (χ2n) is 31.7. The van der Waals surface area contributed by atoms with Crippen LogP contribution in [-0.4, -0.2) is 193 Å². The van der Waals surface area contributed by atoms with Gasteiger partial charge in [-0.1, -0.05) is 118 Å². The number of nitrogens with one attached hydrogen (secondary N) is 2. The van der Waals surface area contributed by atoms with Crippen molar-refractivity contribution in [3.8, 4) is 62.9 Å². The van der Waals surface area contributed by atoms with Crippen LogP contribution in [0, 0.1) is 0 Å². The van der Waals surface area contributed by atoms with Crippen LogP contribution in [0.4, 0.5) is 13.2 Å². The molecular formula is C86H102F3N15O16. The van der Waals surface area contributed by atoms with Crippen LogP contribution in [0.3, 0.4) is 0 Å². The number of carbonyl (C=O) groups excluding carboxylic acids is 1. The number of hydrogen-bond acceptors (Lipinski definition) is 22. The molecule has 3 aliphatic carbocycles. The molecule has 15 rings (SSSR count). The maximum Gasteiger partial charge on any atom is 0.490 e. The largest absolute Gasteiger partial charge is 0.497 e. The number of alkyl halides is 3. The Labute approximate surface area is 691 Å². The zero-order valence-corrected chi connectivity index (χ0v) is 68.4. The Bertz CT molecular complexity index is 5080. The van der Waals surface area contributed by atoms with Gasteiger partial charge in [-0.25, -0.2) is 33.6 Å². The van der Waals surface area contributed by atoms with Crippen molar-refractivity contribution in [1.29, 1.82) is 0 Å². The average Bonchev–Trinajstić information content (AvgIpc) is 1.63. The van der Waals surface area contributed by atoms with Gasteiger partial charge in [-0.15, -0.1) is 10.2 Å². The Hall–Kier alpha value is -12.3. The molecule has 0 amide bonds. The van der Waals surface area contributed by atoms with Crippen molar-refractivity contribution >= 4 is 23.9 Å². The molecule has 7 heterocycles. The average molecular weight is 1660 g/mol. The van der Waals surface area contributed by atoms with E-state index >= 15 is 0 Å². The number of aromatic nitrogens is 15. The van der Waals surface area contributed by atoms with E-state index in [2.05, 4.69) is 143 Å². The Morgan fingerprint density at radius 2 is 0.917 bits per heavy atom. The molecule has 0 bridgehead atoms. The molecule has 5 aromatic carbocycles. The highest BCUT2D eigenvalue weighted by atomic mass is 19.4. The lowest BCUT2D eigenvalue weighted by atomic mass is 9.82. The van der Waals surface area contributed by atoms with E-state index in [-0.39, 0.29) is 59.4 Å². The predicted molar refractivity (Wildman–Crippen MR) is 433 cm³/mol. The van der Waals surface area contributed by atoms with Gasteiger partial charge >= 0.3 is 30.1 Å². The van der Waals surface area contributed by atoms with E-state index in [1.807, 2.05) is 79.1 Å². The number of H-pyrrole nitrogens is 2. The normalized spacial score (nSPS) is 18.1. The number of aromatic amines is 2. The van der Waals surface area contributed by atoms with Crippen molar-refractivity contribution in [1.82, 2.24) is 75.2 Å². The van der Waals surface area contributed by atoms with Gasteiger partial charge in [0.05, 0.1) is 87.5 Å². The van der Waals surface area contributed by atoms with Crippen molar-refractivity contribution in [3.63, 3.8) is 0 Å². The summed E-state index contributed by atoms with van der Waals surface area (Å²) in [7, 11) is 3.24. The number of nitrogens with zero attached hydrogens (tertiary/aromatic N) is 13. The number of aromatic carboxylic acids is 2. The van der Waals surface area contributed by atoms with Gasteiger partial charge in [0.1, 0.15) is 29.8 Å². The van der Waals surface area contributed by atoms with Gasteiger partial charge in [0.15, 0.2) is 0 Å². The van der Waals surface area contributed by atoms with Crippen LogP contribution in [0.15, 0.2) is 158 Å². The third kappa shape index (κ3) is 25.6. The smallest absolute Gasteiger partial charge is 0.490 e. The number of aliphatic carboxylic acids is 1. The summed E-state index contributed by atoms with van der Waals surface area (Å²) in [5.74, 6) is -2.10. The minimum atomic E-state index is -5.08. The molecule has 4 fully saturated rings. The number of epoxide rings is 1. The van der Waals surface area contributed by atoms with Gasteiger partial charge in [0, 0.05) is 29.7 Å². The van der Waals surface area contributed by atoms with E-state index in [0.717, 1.165) is 140 Å². The summed E-state index contributed by atoms with van der Waals surface area (Å²) in [6, 6.07) is 46.8. The Morgan fingerprint density at radius 1 is 0.525 bits per heavy atom. The van der Waals surface area contributed by atoms with Crippen LogP contribution in [0.1, 0.15) is 203 Å². The van der Waals surface area contributed by atoms with E-state index in [1.165, 1.54) is 21.4 Å². The number of hydrogen-bond donors (Lipinski definition) is 7. The van der Waals surface area contributed by atoms with Gasteiger partial charge in [0.2, 0.25) is 28.8 Å². The number of methoxy groups -OCH3 is 2. The lowest BCUT2D eigenvalue weighted by molar-refractivity contribution is -0.192. The van der Waals surface area contributed by atoms with Crippen molar-refractivity contribution in [3.05, 3.63) is 203 Å². The van der Waals surface area contributed by atoms with Crippen LogP contribution in [0.25, 0.3) is 33.8 Å². The third-order valence-corrected chi connectivity index (χ3v) is 20.5. The summed E-state index contributed by atoms with van der Waals surface area (Å²) < 4.78 is 77.4. The first-order chi connectivity index (χ1) is 57.3. The van der Waals surface area contributed by atoms with Gasteiger partial charge in [-0.2, -0.15) is 28.5 Å². The number of rotatable bonds is 26. The molecule has 0 unspecified atom stereocenters. The van der Waals surface area contributed by atoms with Crippen LogP contribution < -0.4 is 23.7 Å². The maximum atomic E-state index is 12.6. The van der Waals surface area contributed by atoms with Crippen molar-refractivity contribution < 1.29 is 91.0 Å². The standard InChI is InChI=1S/C30H35N5O5.C28H31N5O4.C22H27N5O4.C4H8O.C2HF3O2/c1-30(2,38)19-34-17-16-26(32-34)23-8-6-21(7-9-23)22-10-14-25(15-11-22)40-28-27(29(36)37)31-33-35(28)18-20-4-12-24(39-3)13-5-20;1-3-36-28(34)26-27(33(32-31-26)18-19-4-12-23(35-2)13-5-19)37-24-14-10-21(11-15-24)20-6-8-22(9-7-20)25-16-17-29-30-25;1-22(2,30)13-27-12-11-18(25-27)16-5-3-14(4-6-16)15-7-9-17(10-8-15)31-20-19(21(28)29)23-26-24-20;1-4(2)3-5-4;3-2(4,5)1(6)7/h4-9,12-13,16-17,22,25,38H,10-11,14-15,18-19H2,1-3H3,(H,36,37);4-9,12-13,16-17,21,24H,3,10-11,14-15,18H2,1-2H3,(H,29,30);3-6,11-12,15,17,30H,7-10,13H2,1-2H3,(H,28,29)(H,23,24,26);3H2,1-2H3;(H,6,7). The van der Waals surface area contributed by atoms with Gasteiger partial charge < -0.3 is 58.7 Å². The number of ether oxygens (including phenoxy) is 7. The van der Waals surface area contributed by atoms with E-state index in [1.54, 1.807) is 69.1 Å². The summed E-state index contributed by atoms with van der Waals surface area (Å²) in [5, 5.41) is 88.0.